The van der Waals surface area contributed by atoms with Gasteiger partial charge in [-0.05, 0) is 43.2 Å². The quantitative estimate of drug-likeness (QED) is 0.716. The molecule has 0 heterocycles. The normalized spacial score (nSPS) is 11.4. The summed E-state index contributed by atoms with van der Waals surface area (Å²) in [5.41, 5.74) is 1.74. The number of rotatable bonds is 8. The highest BCUT2D eigenvalue weighted by molar-refractivity contribution is 6.01. The first-order chi connectivity index (χ1) is 13.0. The summed E-state index contributed by atoms with van der Waals surface area (Å²) in [7, 11) is 3.15. The van der Waals surface area contributed by atoms with Crippen molar-refractivity contribution in [1.82, 2.24) is 0 Å². The molecule has 144 valence electrons. The van der Waals surface area contributed by atoms with E-state index in [1.54, 1.807) is 45.4 Å². The first kappa shape index (κ1) is 20.3. The van der Waals surface area contributed by atoms with Crippen molar-refractivity contribution < 1.29 is 23.8 Å². The van der Waals surface area contributed by atoms with Crippen LogP contribution in [0.2, 0.25) is 0 Å². The number of carbonyl (C=O) groups is 2. The van der Waals surface area contributed by atoms with Gasteiger partial charge in [-0.3, -0.25) is 4.79 Å². The zero-order valence-corrected chi connectivity index (χ0v) is 16.1. The second-order valence-corrected chi connectivity index (χ2v) is 6.05. The maximum Gasteiger partial charge on any atom is 0.340 e. The third kappa shape index (κ3) is 5.23. The molecule has 1 atom stereocenters. The first-order valence-corrected chi connectivity index (χ1v) is 8.78. The van der Waals surface area contributed by atoms with Gasteiger partial charge in [0, 0.05) is 5.92 Å². The van der Waals surface area contributed by atoms with Crippen molar-refractivity contribution in [2.75, 3.05) is 26.1 Å². The number of esters is 1. The fourth-order valence-electron chi connectivity index (χ4n) is 2.69. The minimum absolute atomic E-state index is 0.179. The molecule has 0 aromatic heterocycles. The predicted octanol–water partition coefficient (Wildman–Crippen LogP) is 3.70. The van der Waals surface area contributed by atoms with Gasteiger partial charge in [0.1, 0.15) is 0 Å². The monoisotopic (exact) mass is 371 g/mol. The number of anilines is 1. The van der Waals surface area contributed by atoms with Crippen molar-refractivity contribution in [3.63, 3.8) is 0 Å². The predicted molar refractivity (Wildman–Crippen MR) is 103 cm³/mol. The third-order valence-corrected chi connectivity index (χ3v) is 4.12. The van der Waals surface area contributed by atoms with E-state index in [1.807, 2.05) is 25.1 Å². The van der Waals surface area contributed by atoms with Crippen LogP contribution in [-0.4, -0.2) is 32.7 Å². The fraction of sp³-hybridized carbons (Fsp3) is 0.333. The van der Waals surface area contributed by atoms with Gasteiger partial charge < -0.3 is 19.5 Å². The van der Waals surface area contributed by atoms with E-state index >= 15 is 0 Å². The molecule has 0 fully saturated rings. The lowest BCUT2D eigenvalue weighted by molar-refractivity contribution is -0.119. The van der Waals surface area contributed by atoms with E-state index in [-0.39, 0.29) is 18.4 Å². The van der Waals surface area contributed by atoms with E-state index in [0.29, 0.717) is 29.2 Å². The molecule has 0 aliphatic heterocycles. The third-order valence-electron chi connectivity index (χ3n) is 4.12. The molecular weight excluding hydrogens is 346 g/mol. The van der Waals surface area contributed by atoms with Gasteiger partial charge >= 0.3 is 5.97 Å². The Morgan fingerprint density at radius 1 is 1.04 bits per heavy atom. The number of ether oxygens (including phenoxy) is 3. The van der Waals surface area contributed by atoms with Crippen LogP contribution in [0.4, 0.5) is 5.69 Å². The molecule has 2 aromatic carbocycles. The summed E-state index contributed by atoms with van der Waals surface area (Å²) in [5, 5.41) is 2.83. The number of benzene rings is 2. The van der Waals surface area contributed by atoms with E-state index in [0.717, 1.165) is 5.56 Å². The van der Waals surface area contributed by atoms with E-state index in [2.05, 4.69) is 5.32 Å². The maximum atomic E-state index is 12.6. The Kier molecular flexibility index (Phi) is 7.23. The van der Waals surface area contributed by atoms with Crippen LogP contribution < -0.4 is 14.8 Å². The van der Waals surface area contributed by atoms with Crippen LogP contribution in [0.3, 0.4) is 0 Å². The average molecular weight is 371 g/mol. The molecule has 0 radical (unpaired) electrons. The molecule has 27 heavy (non-hydrogen) atoms. The second-order valence-electron chi connectivity index (χ2n) is 6.05. The topological polar surface area (TPSA) is 73.9 Å². The number of para-hydroxylation sites is 1. The molecule has 1 N–H and O–H groups in total. The van der Waals surface area contributed by atoms with Gasteiger partial charge in [0.2, 0.25) is 5.91 Å². The summed E-state index contributed by atoms with van der Waals surface area (Å²) in [6, 6.07) is 12.4. The van der Waals surface area contributed by atoms with Crippen LogP contribution in [-0.2, 0) is 16.0 Å². The number of methoxy groups -OCH3 is 2. The summed E-state index contributed by atoms with van der Waals surface area (Å²) in [6.07, 6.45) is 0.522. The van der Waals surface area contributed by atoms with Gasteiger partial charge in [0.15, 0.2) is 11.5 Å². The molecule has 0 saturated carbocycles. The van der Waals surface area contributed by atoms with Gasteiger partial charge in [-0.15, -0.1) is 0 Å². The highest BCUT2D eigenvalue weighted by Crippen LogP contribution is 2.28. The van der Waals surface area contributed by atoms with E-state index in [4.69, 9.17) is 14.2 Å². The Morgan fingerprint density at radius 3 is 2.41 bits per heavy atom. The van der Waals surface area contributed by atoms with Crippen LogP contribution in [0.1, 0.15) is 29.8 Å². The smallest absolute Gasteiger partial charge is 0.340 e. The molecule has 2 aromatic rings. The van der Waals surface area contributed by atoms with Gasteiger partial charge in [-0.1, -0.05) is 25.1 Å². The number of nitrogens with one attached hydrogen (secondary N) is 1. The summed E-state index contributed by atoms with van der Waals surface area (Å²) >= 11 is 0. The lowest BCUT2D eigenvalue weighted by Crippen LogP contribution is -2.23. The molecule has 0 bridgehead atoms. The molecule has 0 aliphatic rings. The lowest BCUT2D eigenvalue weighted by Gasteiger charge is -2.15. The zero-order valence-electron chi connectivity index (χ0n) is 16.1. The SMILES string of the molecule is CCOC(=O)c1ccccc1NC(=O)C(C)Cc1ccc(OC)c(OC)c1. The Morgan fingerprint density at radius 2 is 1.74 bits per heavy atom. The van der Waals surface area contributed by atoms with Gasteiger partial charge in [-0.25, -0.2) is 4.79 Å². The fourth-order valence-corrected chi connectivity index (χ4v) is 2.69. The van der Waals surface area contributed by atoms with Crippen molar-refractivity contribution in [2.24, 2.45) is 5.92 Å². The van der Waals surface area contributed by atoms with Gasteiger partial charge in [-0.2, -0.15) is 0 Å². The molecule has 6 heteroatoms. The number of hydrogen-bond donors (Lipinski definition) is 1. The maximum absolute atomic E-state index is 12.6. The molecule has 0 saturated heterocycles. The Hall–Kier alpha value is -3.02. The van der Waals surface area contributed by atoms with Crippen molar-refractivity contribution in [3.05, 3.63) is 53.6 Å². The molecule has 1 unspecified atom stereocenters. The molecule has 1 amide bonds. The van der Waals surface area contributed by atoms with E-state index in [1.165, 1.54) is 0 Å². The van der Waals surface area contributed by atoms with Crippen LogP contribution in [0.15, 0.2) is 42.5 Å². The highest BCUT2D eigenvalue weighted by atomic mass is 16.5. The molecule has 0 spiro atoms. The van der Waals surface area contributed by atoms with Crippen molar-refractivity contribution >= 4 is 17.6 Å². The Balaban J connectivity index is 2.10. The van der Waals surface area contributed by atoms with Crippen LogP contribution in [0, 0.1) is 5.92 Å². The molecule has 6 nitrogen and oxygen atoms in total. The van der Waals surface area contributed by atoms with Crippen molar-refractivity contribution in [2.45, 2.75) is 20.3 Å². The Bertz CT molecular complexity index is 803. The largest absolute Gasteiger partial charge is 0.493 e. The summed E-state index contributed by atoms with van der Waals surface area (Å²) in [4.78, 5) is 24.6. The van der Waals surface area contributed by atoms with Crippen LogP contribution in [0.25, 0.3) is 0 Å². The summed E-state index contributed by atoms with van der Waals surface area (Å²) < 4.78 is 15.6. The molecular formula is C21H25NO5. The number of hydrogen-bond acceptors (Lipinski definition) is 5. The summed E-state index contributed by atoms with van der Waals surface area (Å²) in [5.74, 6) is 0.317. The standard InChI is InChI=1S/C21H25NO5/c1-5-27-21(24)16-8-6-7-9-17(16)22-20(23)14(2)12-15-10-11-18(25-3)19(13-15)26-4/h6-11,13-14H,5,12H2,1-4H3,(H,22,23). The van der Waals surface area contributed by atoms with Crippen LogP contribution >= 0.6 is 0 Å². The van der Waals surface area contributed by atoms with E-state index in [9.17, 15) is 9.59 Å². The average Bonchev–Trinajstić information content (AvgIpc) is 2.68. The lowest BCUT2D eigenvalue weighted by atomic mass is 9.99. The van der Waals surface area contributed by atoms with Crippen LogP contribution in [0.5, 0.6) is 11.5 Å². The molecule has 0 aliphatic carbocycles. The minimum atomic E-state index is -0.457. The van der Waals surface area contributed by atoms with E-state index < -0.39 is 5.97 Å². The second kappa shape index (κ2) is 9.62. The first-order valence-electron chi connectivity index (χ1n) is 8.78. The van der Waals surface area contributed by atoms with Crippen molar-refractivity contribution in [3.8, 4) is 11.5 Å². The number of carbonyl (C=O) groups excluding carboxylic acids is 2. The zero-order chi connectivity index (χ0) is 19.8. The summed E-state index contributed by atoms with van der Waals surface area (Å²) in [6.45, 7) is 3.85. The number of amides is 1. The minimum Gasteiger partial charge on any atom is -0.493 e. The highest BCUT2D eigenvalue weighted by Gasteiger charge is 2.18. The van der Waals surface area contributed by atoms with Gasteiger partial charge in [0.25, 0.3) is 0 Å². The molecule has 2 rings (SSSR count). The van der Waals surface area contributed by atoms with Gasteiger partial charge in [0.05, 0.1) is 32.1 Å². The van der Waals surface area contributed by atoms with Crippen molar-refractivity contribution in [1.29, 1.82) is 0 Å². The Labute approximate surface area is 159 Å².